The van der Waals surface area contributed by atoms with Crippen molar-refractivity contribution in [2.45, 2.75) is 78.9 Å². The first-order chi connectivity index (χ1) is 9.89. The van der Waals surface area contributed by atoms with Crippen LogP contribution in [0.1, 0.15) is 59.3 Å². The van der Waals surface area contributed by atoms with E-state index in [9.17, 15) is 0 Å². The Bertz CT molecular complexity index is 220. The van der Waals surface area contributed by atoms with E-state index in [0.29, 0.717) is 19.8 Å². The molecule has 6 heteroatoms. The van der Waals surface area contributed by atoms with Gasteiger partial charge in [0.05, 0.1) is 0 Å². The molecule has 0 atom stereocenters. The normalized spacial score (nSPS) is 12.9. The third-order valence-corrected chi connectivity index (χ3v) is 14.1. The Kier molecular flexibility index (Phi) is 12.9. The minimum atomic E-state index is -3.84. The van der Waals surface area contributed by atoms with Gasteiger partial charge in [-0.2, -0.15) is 0 Å². The Balaban J connectivity index is 4.78. The van der Waals surface area contributed by atoms with E-state index in [1.807, 2.05) is 0 Å². The molecule has 0 aromatic heterocycles. The summed E-state index contributed by atoms with van der Waals surface area (Å²) < 4.78 is 24.7. The van der Waals surface area contributed by atoms with E-state index >= 15 is 0 Å². The zero-order valence-electron chi connectivity index (χ0n) is 15.0. The molecule has 0 unspecified atom stereocenters. The number of hydrogen-bond acceptors (Lipinski definition) is 4. The molecule has 0 fully saturated rings. The second-order valence-electron chi connectivity index (χ2n) is 6.32. The second kappa shape index (κ2) is 12.4. The predicted molar refractivity (Wildman–Crippen MR) is 87.0 cm³/mol. The molecular formula is C15H36O4SiZr. The molecule has 0 aromatic carbocycles. The van der Waals surface area contributed by atoms with E-state index in [0.717, 1.165) is 38.5 Å². The fourth-order valence-corrected chi connectivity index (χ4v) is 12.9. The fourth-order valence-electron chi connectivity index (χ4n) is 1.61. The van der Waals surface area contributed by atoms with Crippen LogP contribution in [0, 0.1) is 0 Å². The van der Waals surface area contributed by atoms with Gasteiger partial charge in [0.2, 0.25) is 0 Å². The van der Waals surface area contributed by atoms with Gasteiger partial charge in [0.1, 0.15) is 0 Å². The quantitative estimate of drug-likeness (QED) is 0.301. The van der Waals surface area contributed by atoms with Crippen LogP contribution in [0.5, 0.6) is 0 Å². The first-order valence-electron chi connectivity index (χ1n) is 8.51. The van der Waals surface area contributed by atoms with Crippen LogP contribution in [0.3, 0.4) is 0 Å². The summed E-state index contributed by atoms with van der Waals surface area (Å²) in [4.78, 5) is 0. The van der Waals surface area contributed by atoms with Crippen molar-refractivity contribution in [2.24, 2.45) is 0 Å². The first-order valence-corrected chi connectivity index (χ1v) is 15.9. The number of unbranched alkanes of at least 4 members (excludes halogenated alkanes) is 3. The molecule has 0 aliphatic heterocycles. The molecule has 128 valence electrons. The van der Waals surface area contributed by atoms with Gasteiger partial charge in [0.25, 0.3) is 0 Å². The molecule has 0 rings (SSSR count). The molecule has 0 saturated carbocycles. The van der Waals surface area contributed by atoms with Crippen LogP contribution < -0.4 is 0 Å². The van der Waals surface area contributed by atoms with Gasteiger partial charge in [-0.15, -0.1) is 0 Å². The molecule has 0 spiro atoms. The van der Waals surface area contributed by atoms with Crippen molar-refractivity contribution in [3.05, 3.63) is 0 Å². The van der Waals surface area contributed by atoms with Gasteiger partial charge in [0, 0.05) is 0 Å². The summed E-state index contributed by atoms with van der Waals surface area (Å²) in [5.41, 5.74) is 0. The van der Waals surface area contributed by atoms with Gasteiger partial charge in [0.15, 0.2) is 0 Å². The maximum absolute atomic E-state index is 6.35. The van der Waals surface area contributed by atoms with Gasteiger partial charge >= 0.3 is 140 Å². The van der Waals surface area contributed by atoms with Crippen LogP contribution in [-0.4, -0.2) is 28.1 Å². The average molecular weight is 400 g/mol. The molecule has 0 aliphatic carbocycles. The van der Waals surface area contributed by atoms with Crippen LogP contribution in [0.25, 0.3) is 0 Å². The van der Waals surface area contributed by atoms with Crippen molar-refractivity contribution in [2.75, 3.05) is 19.8 Å². The summed E-state index contributed by atoms with van der Waals surface area (Å²) in [5.74, 6) is 0. The third-order valence-electron chi connectivity index (χ3n) is 2.76. The Labute approximate surface area is 139 Å². The van der Waals surface area contributed by atoms with Gasteiger partial charge in [-0.1, -0.05) is 0 Å². The monoisotopic (exact) mass is 398 g/mol. The molecule has 21 heavy (non-hydrogen) atoms. The molecule has 0 radical (unpaired) electrons. The fraction of sp³-hybridized carbons (Fsp3) is 1.00. The molecule has 0 amide bonds. The van der Waals surface area contributed by atoms with E-state index in [-0.39, 0.29) is 0 Å². The van der Waals surface area contributed by atoms with E-state index in [2.05, 4.69) is 40.4 Å². The molecule has 4 nitrogen and oxygen atoms in total. The van der Waals surface area contributed by atoms with Crippen molar-refractivity contribution in [1.29, 1.82) is 0 Å². The Morgan fingerprint density at radius 2 is 1.00 bits per heavy atom. The van der Waals surface area contributed by atoms with Crippen LogP contribution in [0.4, 0.5) is 0 Å². The van der Waals surface area contributed by atoms with Crippen molar-refractivity contribution in [1.82, 2.24) is 0 Å². The standard InChI is InChI=1S/3C4H9O.C3H9OSi.Zr/c3*1-2-3-4-5;1-5(2,3)4;/h3*2-4H2,1H3;1-3H3;/q4*-1;+4. The van der Waals surface area contributed by atoms with E-state index < -0.39 is 30.3 Å². The van der Waals surface area contributed by atoms with Crippen LogP contribution in [-0.2, 0) is 33.0 Å². The summed E-state index contributed by atoms with van der Waals surface area (Å²) in [6, 6.07) is 0. The Morgan fingerprint density at radius 3 is 1.24 bits per heavy atom. The SMILES string of the molecule is CCCC[O][Zr]([O]CCCC)([O]CCCC)[O][Si](C)(C)C. The summed E-state index contributed by atoms with van der Waals surface area (Å²) in [6.07, 6.45) is 6.42. The molecule has 0 heterocycles. The molecule has 0 bridgehead atoms. The van der Waals surface area contributed by atoms with Gasteiger partial charge in [-0.25, -0.2) is 0 Å². The summed E-state index contributed by atoms with van der Waals surface area (Å²) >= 11 is -3.84. The molecular weight excluding hydrogens is 363 g/mol. The first kappa shape index (κ1) is 21.9. The van der Waals surface area contributed by atoms with Gasteiger partial charge in [-0.05, 0) is 0 Å². The predicted octanol–water partition coefficient (Wildman–Crippen LogP) is 5.10. The van der Waals surface area contributed by atoms with Crippen molar-refractivity contribution >= 4 is 8.32 Å². The van der Waals surface area contributed by atoms with Crippen LogP contribution in [0.15, 0.2) is 0 Å². The topological polar surface area (TPSA) is 36.9 Å². The number of rotatable bonds is 14. The molecule has 0 N–H and O–H groups in total. The summed E-state index contributed by atoms with van der Waals surface area (Å²) in [5, 5.41) is 0. The zero-order valence-corrected chi connectivity index (χ0v) is 18.5. The Hall–Kier alpha value is 0.940. The number of hydrogen-bond donors (Lipinski definition) is 0. The second-order valence-corrected chi connectivity index (χ2v) is 16.8. The van der Waals surface area contributed by atoms with E-state index in [1.54, 1.807) is 0 Å². The van der Waals surface area contributed by atoms with Crippen LogP contribution >= 0.6 is 0 Å². The van der Waals surface area contributed by atoms with E-state index in [4.69, 9.17) is 10.9 Å². The summed E-state index contributed by atoms with van der Waals surface area (Å²) in [6.45, 7) is 15.1. The van der Waals surface area contributed by atoms with Crippen molar-refractivity contribution in [3.63, 3.8) is 0 Å². The van der Waals surface area contributed by atoms with Gasteiger partial charge in [-0.3, -0.25) is 0 Å². The summed E-state index contributed by atoms with van der Waals surface area (Å²) in [7, 11) is -1.75. The third kappa shape index (κ3) is 12.1. The van der Waals surface area contributed by atoms with E-state index in [1.165, 1.54) is 0 Å². The zero-order chi connectivity index (χ0) is 16.2. The van der Waals surface area contributed by atoms with Gasteiger partial charge < -0.3 is 0 Å². The van der Waals surface area contributed by atoms with Crippen molar-refractivity contribution in [3.8, 4) is 0 Å². The average Bonchev–Trinajstić information content (AvgIpc) is 2.38. The molecule has 0 aliphatic rings. The van der Waals surface area contributed by atoms with Crippen LogP contribution in [0.2, 0.25) is 19.6 Å². The maximum atomic E-state index is 6.35. The molecule has 0 saturated heterocycles. The minimum absolute atomic E-state index is 0.690. The van der Waals surface area contributed by atoms with Crippen molar-refractivity contribution < 1.29 is 33.0 Å². The Morgan fingerprint density at radius 1 is 0.667 bits per heavy atom. The molecule has 0 aromatic rings.